The molecule has 1 aromatic carbocycles. The summed E-state index contributed by atoms with van der Waals surface area (Å²) in [5, 5.41) is 3.69. The molecule has 2 saturated heterocycles. The minimum absolute atomic E-state index is 0.0867. The van der Waals surface area contributed by atoms with Gasteiger partial charge in [0.1, 0.15) is 12.2 Å². The minimum Gasteiger partial charge on any atom is -0.353 e. The lowest BCUT2D eigenvalue weighted by Gasteiger charge is -2.28. The number of nitrogens with zero attached hydrogens (tertiary/aromatic N) is 4. The average molecular weight is 419 g/mol. The van der Waals surface area contributed by atoms with E-state index < -0.39 is 12.1 Å². The van der Waals surface area contributed by atoms with Crippen molar-refractivity contribution in [2.24, 2.45) is 11.0 Å². The number of ether oxygens (including phenoxy) is 4. The average Bonchev–Trinajstić information content (AvgIpc) is 3.19. The van der Waals surface area contributed by atoms with Crippen molar-refractivity contribution in [1.29, 1.82) is 0 Å². The zero-order valence-corrected chi connectivity index (χ0v) is 18.4. The first-order valence-electron chi connectivity index (χ1n) is 10.7. The normalized spacial score (nSPS) is 28.3. The van der Waals surface area contributed by atoms with E-state index in [9.17, 15) is 0 Å². The van der Waals surface area contributed by atoms with Gasteiger partial charge in [0.2, 0.25) is 0 Å². The van der Waals surface area contributed by atoms with E-state index >= 15 is 0 Å². The Balaban J connectivity index is 1.63. The Hall–Kier alpha value is -1.67. The highest BCUT2D eigenvalue weighted by Gasteiger charge is 2.55. The van der Waals surface area contributed by atoms with Crippen LogP contribution in [0.1, 0.15) is 38.7 Å². The van der Waals surface area contributed by atoms with Gasteiger partial charge < -0.3 is 23.8 Å². The highest BCUT2D eigenvalue weighted by atomic mass is 16.8. The van der Waals surface area contributed by atoms with Crippen LogP contribution in [0.25, 0.3) is 10.4 Å². The van der Waals surface area contributed by atoms with Crippen LogP contribution >= 0.6 is 0 Å². The molecule has 2 aliphatic rings. The minimum atomic E-state index is -0.630. The summed E-state index contributed by atoms with van der Waals surface area (Å²) in [7, 11) is 3.78. The van der Waals surface area contributed by atoms with Crippen LogP contribution in [0.2, 0.25) is 0 Å². The quantitative estimate of drug-likeness (QED) is 0.234. The van der Waals surface area contributed by atoms with Crippen molar-refractivity contribution in [2.45, 2.75) is 70.0 Å². The SMILES string of the molecule is CO[C@@H]1O[C@H](C[C@H](CCCN=[N+]=[N-])CN(C)Cc2ccccc2)C2OC(C)(C)O[C@@H]21. The number of hydrogen-bond donors (Lipinski definition) is 0. The van der Waals surface area contributed by atoms with Gasteiger partial charge in [-0.3, -0.25) is 0 Å². The number of methoxy groups -OCH3 is 1. The topological polar surface area (TPSA) is 88.9 Å². The molecule has 1 unspecified atom stereocenters. The van der Waals surface area contributed by atoms with Crippen molar-refractivity contribution < 1.29 is 18.9 Å². The van der Waals surface area contributed by atoms with Gasteiger partial charge in [-0.05, 0) is 57.2 Å². The Morgan fingerprint density at radius 1 is 1.23 bits per heavy atom. The standard InChI is InChI=1S/C22H34N4O4/c1-22(2)29-19-18(28-21(27-4)20(19)30-22)13-17(11-8-12-24-25-23)15-26(3)14-16-9-6-5-7-10-16/h5-7,9-10,17-21H,8,11-15H2,1-4H3/t17-,18+,19?,20-,21+/m0/s1. The first-order chi connectivity index (χ1) is 14.4. The predicted molar refractivity (Wildman–Crippen MR) is 114 cm³/mol. The van der Waals surface area contributed by atoms with Crippen molar-refractivity contribution in [1.82, 2.24) is 4.90 Å². The van der Waals surface area contributed by atoms with Crippen molar-refractivity contribution in [2.75, 3.05) is 27.2 Å². The van der Waals surface area contributed by atoms with Crippen LogP contribution < -0.4 is 0 Å². The van der Waals surface area contributed by atoms with Gasteiger partial charge in [-0.15, -0.1) is 0 Å². The summed E-state index contributed by atoms with van der Waals surface area (Å²) in [6.07, 6.45) is 1.81. The molecule has 0 radical (unpaired) electrons. The van der Waals surface area contributed by atoms with E-state index in [2.05, 4.69) is 46.2 Å². The van der Waals surface area contributed by atoms with E-state index in [1.807, 2.05) is 19.9 Å². The molecule has 0 aromatic heterocycles. The van der Waals surface area contributed by atoms with Gasteiger partial charge in [-0.1, -0.05) is 35.4 Å². The van der Waals surface area contributed by atoms with Crippen molar-refractivity contribution in [3.8, 4) is 0 Å². The Morgan fingerprint density at radius 3 is 2.67 bits per heavy atom. The molecule has 3 rings (SSSR count). The third-order valence-corrected chi connectivity index (χ3v) is 5.70. The Labute approximate surface area is 179 Å². The molecule has 1 aromatic rings. The monoisotopic (exact) mass is 418 g/mol. The lowest BCUT2D eigenvalue weighted by molar-refractivity contribution is -0.228. The summed E-state index contributed by atoms with van der Waals surface area (Å²) in [5.74, 6) is -0.254. The fourth-order valence-electron chi connectivity index (χ4n) is 4.53. The molecule has 0 aliphatic carbocycles. The number of azide groups is 1. The molecule has 2 fully saturated rings. The van der Waals surface area contributed by atoms with Gasteiger partial charge in [-0.25, -0.2) is 0 Å². The molecule has 2 heterocycles. The van der Waals surface area contributed by atoms with E-state index in [0.717, 1.165) is 32.4 Å². The number of rotatable bonds is 11. The van der Waals surface area contributed by atoms with E-state index in [-0.39, 0.29) is 18.3 Å². The van der Waals surface area contributed by atoms with Crippen LogP contribution in [0.4, 0.5) is 0 Å². The molecule has 8 heteroatoms. The third kappa shape index (κ3) is 6.17. The summed E-state index contributed by atoms with van der Waals surface area (Å²) in [4.78, 5) is 5.21. The van der Waals surface area contributed by atoms with Crippen LogP contribution in [-0.2, 0) is 25.5 Å². The number of hydrogen-bond acceptors (Lipinski definition) is 6. The second-order valence-corrected chi connectivity index (χ2v) is 8.72. The predicted octanol–water partition coefficient (Wildman–Crippen LogP) is 4.11. The van der Waals surface area contributed by atoms with Crippen LogP contribution in [0.15, 0.2) is 35.4 Å². The second kappa shape index (κ2) is 10.6. The van der Waals surface area contributed by atoms with Gasteiger partial charge in [0.05, 0.1) is 6.10 Å². The van der Waals surface area contributed by atoms with Gasteiger partial charge in [-0.2, -0.15) is 0 Å². The van der Waals surface area contributed by atoms with E-state index in [0.29, 0.717) is 12.5 Å². The molecule has 5 atom stereocenters. The molecule has 0 amide bonds. The zero-order chi connectivity index (χ0) is 21.6. The maximum atomic E-state index is 8.56. The molecule has 0 saturated carbocycles. The molecule has 0 bridgehead atoms. The van der Waals surface area contributed by atoms with Gasteiger partial charge in [0.15, 0.2) is 12.1 Å². The summed E-state index contributed by atoms with van der Waals surface area (Å²) >= 11 is 0. The van der Waals surface area contributed by atoms with Gasteiger partial charge in [0, 0.05) is 31.7 Å². The zero-order valence-electron chi connectivity index (χ0n) is 18.4. The van der Waals surface area contributed by atoms with Crippen LogP contribution in [0, 0.1) is 5.92 Å². The lowest BCUT2D eigenvalue weighted by atomic mass is 9.93. The molecule has 30 heavy (non-hydrogen) atoms. The lowest BCUT2D eigenvalue weighted by Crippen LogP contribution is -2.34. The Kier molecular flexibility index (Phi) is 8.11. The van der Waals surface area contributed by atoms with E-state index in [1.54, 1.807) is 7.11 Å². The molecular formula is C22H34N4O4. The Morgan fingerprint density at radius 2 is 1.97 bits per heavy atom. The van der Waals surface area contributed by atoms with E-state index in [1.165, 1.54) is 5.56 Å². The second-order valence-electron chi connectivity index (χ2n) is 8.72. The summed E-state index contributed by atoms with van der Waals surface area (Å²) in [6, 6.07) is 10.5. The van der Waals surface area contributed by atoms with Crippen molar-refractivity contribution in [3.05, 3.63) is 46.3 Å². The molecule has 0 spiro atoms. The highest BCUT2D eigenvalue weighted by Crippen LogP contribution is 2.41. The summed E-state index contributed by atoms with van der Waals surface area (Å²) in [5.41, 5.74) is 9.86. The molecule has 2 aliphatic heterocycles. The fourth-order valence-corrected chi connectivity index (χ4v) is 4.53. The van der Waals surface area contributed by atoms with Crippen LogP contribution in [-0.4, -0.2) is 62.5 Å². The maximum Gasteiger partial charge on any atom is 0.186 e. The largest absolute Gasteiger partial charge is 0.353 e. The van der Waals surface area contributed by atoms with Crippen molar-refractivity contribution in [3.63, 3.8) is 0 Å². The van der Waals surface area contributed by atoms with Gasteiger partial charge >= 0.3 is 0 Å². The number of benzene rings is 1. The molecule has 166 valence electrons. The van der Waals surface area contributed by atoms with E-state index in [4.69, 9.17) is 24.5 Å². The highest BCUT2D eigenvalue weighted by molar-refractivity contribution is 5.14. The number of fused-ring (bicyclic) bond motifs is 1. The van der Waals surface area contributed by atoms with Gasteiger partial charge in [0.25, 0.3) is 0 Å². The molecular weight excluding hydrogens is 384 g/mol. The molecule has 8 nitrogen and oxygen atoms in total. The summed E-state index contributed by atoms with van der Waals surface area (Å²) < 4.78 is 23.8. The van der Waals surface area contributed by atoms with Crippen LogP contribution in [0.3, 0.4) is 0 Å². The van der Waals surface area contributed by atoms with Crippen molar-refractivity contribution >= 4 is 0 Å². The third-order valence-electron chi connectivity index (χ3n) is 5.70. The molecule has 0 N–H and O–H groups in total. The van der Waals surface area contributed by atoms with Crippen LogP contribution in [0.5, 0.6) is 0 Å². The summed E-state index contributed by atoms with van der Waals surface area (Å²) in [6.45, 7) is 6.18. The fraction of sp³-hybridized carbons (Fsp3) is 0.727. The first kappa shape index (κ1) is 23.0. The first-order valence-corrected chi connectivity index (χ1v) is 10.7. The smallest absolute Gasteiger partial charge is 0.186 e. The maximum absolute atomic E-state index is 8.56. The Bertz CT molecular complexity index is 710.